The van der Waals surface area contributed by atoms with Crippen LogP contribution in [0.3, 0.4) is 0 Å². The van der Waals surface area contributed by atoms with Crippen LogP contribution in [0.2, 0.25) is 0 Å². The molecule has 27 heavy (non-hydrogen) atoms. The maximum absolute atomic E-state index is 5.37. The zero-order valence-electron chi connectivity index (χ0n) is 16.6. The van der Waals surface area contributed by atoms with Gasteiger partial charge in [0.05, 0.1) is 13.3 Å². The fourth-order valence-electron chi connectivity index (χ4n) is 5.78. The Morgan fingerprint density at radius 2 is 1.85 bits per heavy atom. The molecular weight excluding hydrogens is 336 g/mol. The summed E-state index contributed by atoms with van der Waals surface area (Å²) in [4.78, 5) is 5.54. The molecule has 5 heteroatoms. The van der Waals surface area contributed by atoms with Crippen LogP contribution in [0.1, 0.15) is 35.6 Å². The first kappa shape index (κ1) is 17.3. The number of piperidine rings is 3. The Balaban J connectivity index is 1.46. The second-order valence-electron chi connectivity index (χ2n) is 8.54. The SMILES string of the molecule is COc1ccc([C@H]2CN(Cc3cnn(C)c3C)[C@H]3C4CCN(CC4)[C@@H]23)cc1. The summed E-state index contributed by atoms with van der Waals surface area (Å²) < 4.78 is 7.37. The van der Waals surface area contributed by atoms with Crippen molar-refractivity contribution in [3.8, 4) is 5.75 Å². The van der Waals surface area contributed by atoms with Gasteiger partial charge in [0, 0.05) is 49.4 Å². The third-order valence-corrected chi connectivity index (χ3v) is 7.35. The maximum atomic E-state index is 5.37. The molecule has 1 aromatic carbocycles. The lowest BCUT2D eigenvalue weighted by atomic mass is 9.75. The summed E-state index contributed by atoms with van der Waals surface area (Å²) in [5.41, 5.74) is 4.13. The molecule has 1 aromatic heterocycles. The maximum Gasteiger partial charge on any atom is 0.118 e. The molecule has 4 aliphatic rings. The van der Waals surface area contributed by atoms with Crippen LogP contribution in [-0.2, 0) is 13.6 Å². The van der Waals surface area contributed by atoms with Crippen LogP contribution in [0.4, 0.5) is 0 Å². The molecule has 6 rings (SSSR count). The van der Waals surface area contributed by atoms with Crippen LogP contribution in [0.25, 0.3) is 0 Å². The number of hydrogen-bond acceptors (Lipinski definition) is 4. The fraction of sp³-hybridized carbons (Fsp3) is 0.591. The van der Waals surface area contributed by atoms with Gasteiger partial charge >= 0.3 is 0 Å². The van der Waals surface area contributed by atoms with E-state index in [4.69, 9.17) is 4.74 Å². The Kier molecular flexibility index (Phi) is 4.25. The van der Waals surface area contributed by atoms with Crippen molar-refractivity contribution in [1.29, 1.82) is 0 Å². The summed E-state index contributed by atoms with van der Waals surface area (Å²) in [5, 5.41) is 4.47. The zero-order valence-corrected chi connectivity index (χ0v) is 16.6. The van der Waals surface area contributed by atoms with Crippen LogP contribution in [0, 0.1) is 12.8 Å². The molecule has 0 saturated carbocycles. The first-order valence-electron chi connectivity index (χ1n) is 10.2. The van der Waals surface area contributed by atoms with Gasteiger partial charge in [0.2, 0.25) is 0 Å². The molecule has 0 N–H and O–H groups in total. The van der Waals surface area contributed by atoms with Crippen LogP contribution in [0.15, 0.2) is 30.5 Å². The molecule has 2 aromatic rings. The van der Waals surface area contributed by atoms with Gasteiger partial charge in [-0.15, -0.1) is 0 Å². The van der Waals surface area contributed by atoms with Crippen molar-refractivity contribution in [1.82, 2.24) is 19.6 Å². The monoisotopic (exact) mass is 366 g/mol. The molecule has 2 bridgehead atoms. The number of methoxy groups -OCH3 is 1. The number of hydrogen-bond donors (Lipinski definition) is 0. The van der Waals surface area contributed by atoms with Gasteiger partial charge in [-0.05, 0) is 56.5 Å². The first-order chi connectivity index (χ1) is 13.2. The van der Waals surface area contributed by atoms with E-state index >= 15 is 0 Å². The molecule has 4 aliphatic heterocycles. The molecule has 5 heterocycles. The number of ether oxygens (including phenoxy) is 1. The van der Waals surface area contributed by atoms with E-state index in [1.165, 1.54) is 42.8 Å². The van der Waals surface area contributed by atoms with E-state index in [0.29, 0.717) is 18.0 Å². The highest BCUT2D eigenvalue weighted by atomic mass is 16.5. The molecule has 0 unspecified atom stereocenters. The lowest BCUT2D eigenvalue weighted by Gasteiger charge is -2.51. The molecule has 4 fully saturated rings. The highest BCUT2D eigenvalue weighted by Crippen LogP contribution is 2.47. The number of aryl methyl sites for hydroxylation is 1. The molecule has 4 saturated heterocycles. The van der Waals surface area contributed by atoms with Gasteiger partial charge in [-0.1, -0.05) is 12.1 Å². The van der Waals surface area contributed by atoms with E-state index in [2.05, 4.69) is 52.3 Å². The number of fused-ring (bicyclic) bond motifs is 2. The molecule has 0 radical (unpaired) electrons. The average Bonchev–Trinajstić information content (AvgIpc) is 3.26. The van der Waals surface area contributed by atoms with Gasteiger partial charge in [0.1, 0.15) is 5.75 Å². The molecule has 3 atom stereocenters. The largest absolute Gasteiger partial charge is 0.497 e. The number of benzene rings is 1. The lowest BCUT2D eigenvalue weighted by Crippen LogP contribution is -2.59. The van der Waals surface area contributed by atoms with Gasteiger partial charge in [0.25, 0.3) is 0 Å². The topological polar surface area (TPSA) is 33.5 Å². The second-order valence-corrected chi connectivity index (χ2v) is 8.54. The molecular formula is C22H30N4O. The third-order valence-electron chi connectivity index (χ3n) is 7.35. The Labute approximate surface area is 161 Å². The van der Waals surface area contributed by atoms with E-state index in [1.54, 1.807) is 7.11 Å². The normalized spacial score (nSPS) is 32.6. The second kappa shape index (κ2) is 6.64. The average molecular weight is 367 g/mol. The van der Waals surface area contributed by atoms with Crippen LogP contribution >= 0.6 is 0 Å². The summed E-state index contributed by atoms with van der Waals surface area (Å²) in [5.74, 6) is 2.38. The highest BCUT2D eigenvalue weighted by Gasteiger charge is 2.53. The highest BCUT2D eigenvalue weighted by molar-refractivity contribution is 5.33. The van der Waals surface area contributed by atoms with Gasteiger partial charge < -0.3 is 4.74 Å². The minimum atomic E-state index is 0.584. The molecule has 0 spiro atoms. The predicted octanol–water partition coefficient (Wildman–Crippen LogP) is 2.80. The first-order valence-corrected chi connectivity index (χ1v) is 10.2. The van der Waals surface area contributed by atoms with Crippen molar-refractivity contribution in [3.05, 3.63) is 47.3 Å². The Morgan fingerprint density at radius 1 is 1.11 bits per heavy atom. The minimum Gasteiger partial charge on any atom is -0.497 e. The van der Waals surface area contributed by atoms with E-state index in [0.717, 1.165) is 24.8 Å². The van der Waals surface area contributed by atoms with Crippen LogP contribution in [0.5, 0.6) is 5.75 Å². The summed E-state index contributed by atoms with van der Waals surface area (Å²) in [6.07, 6.45) is 4.78. The number of aromatic nitrogens is 2. The fourth-order valence-corrected chi connectivity index (χ4v) is 5.78. The number of likely N-dealkylation sites (tertiary alicyclic amines) is 1. The zero-order chi connectivity index (χ0) is 18.5. The van der Waals surface area contributed by atoms with E-state index < -0.39 is 0 Å². The van der Waals surface area contributed by atoms with Crippen molar-refractivity contribution in [2.24, 2.45) is 13.0 Å². The van der Waals surface area contributed by atoms with Gasteiger partial charge in [0.15, 0.2) is 0 Å². The molecule has 0 aliphatic carbocycles. The predicted molar refractivity (Wildman–Crippen MR) is 106 cm³/mol. The van der Waals surface area contributed by atoms with Crippen LogP contribution in [-0.4, -0.2) is 58.4 Å². The Bertz CT molecular complexity index is 806. The van der Waals surface area contributed by atoms with Crippen LogP contribution < -0.4 is 4.74 Å². The van der Waals surface area contributed by atoms with Crippen molar-refractivity contribution in [2.75, 3.05) is 26.7 Å². The third kappa shape index (κ3) is 2.79. The summed E-state index contributed by atoms with van der Waals surface area (Å²) in [6, 6.07) is 10.1. The van der Waals surface area contributed by atoms with Gasteiger partial charge in [-0.2, -0.15) is 5.10 Å². The molecule has 0 amide bonds. The summed E-state index contributed by atoms with van der Waals surface area (Å²) >= 11 is 0. The van der Waals surface area contributed by atoms with Crippen molar-refractivity contribution in [2.45, 2.75) is 44.3 Å². The number of rotatable bonds is 4. The van der Waals surface area contributed by atoms with Crippen molar-refractivity contribution >= 4 is 0 Å². The van der Waals surface area contributed by atoms with E-state index in [-0.39, 0.29) is 0 Å². The van der Waals surface area contributed by atoms with Crippen molar-refractivity contribution in [3.63, 3.8) is 0 Å². The summed E-state index contributed by atoms with van der Waals surface area (Å²) in [6.45, 7) is 6.91. The Hall–Kier alpha value is -1.85. The quantitative estimate of drug-likeness (QED) is 0.833. The summed E-state index contributed by atoms with van der Waals surface area (Å²) in [7, 11) is 3.78. The number of nitrogens with zero attached hydrogens (tertiary/aromatic N) is 4. The van der Waals surface area contributed by atoms with E-state index in [9.17, 15) is 0 Å². The molecule has 144 valence electrons. The molecule has 5 nitrogen and oxygen atoms in total. The van der Waals surface area contributed by atoms with Gasteiger partial charge in [-0.3, -0.25) is 14.5 Å². The van der Waals surface area contributed by atoms with Gasteiger partial charge in [-0.25, -0.2) is 0 Å². The minimum absolute atomic E-state index is 0.584. The standard InChI is InChI=1S/C22H30N4O/c1-15-18(12-23-24(15)2)13-26-14-20(16-4-6-19(27-3)7-5-16)22-21(26)17-8-10-25(22)11-9-17/h4-7,12,17,20-22H,8-11,13-14H2,1-3H3/t20-,21+,22+/m1/s1. The van der Waals surface area contributed by atoms with E-state index in [1.807, 2.05) is 11.7 Å². The smallest absolute Gasteiger partial charge is 0.118 e. The Morgan fingerprint density at radius 3 is 2.48 bits per heavy atom. The lowest BCUT2D eigenvalue weighted by molar-refractivity contribution is -0.00874. The van der Waals surface area contributed by atoms with Crippen molar-refractivity contribution < 1.29 is 4.74 Å².